The SMILES string of the molecule is C=CCOC(=O)C1=C(C)N=c2s/c(=C\c3ccc(-c4ccc([N+](=O)[O-])cc4)o3)c(=O)n2[C@@H]1c1ccccc1. The number of allylic oxidation sites excluding steroid dienone is 1. The minimum Gasteiger partial charge on any atom is -0.458 e. The Morgan fingerprint density at radius 3 is 2.61 bits per heavy atom. The lowest BCUT2D eigenvalue weighted by molar-refractivity contribution is -0.384. The van der Waals surface area contributed by atoms with Gasteiger partial charge in [-0.3, -0.25) is 19.5 Å². The molecular weight excluding hydrogens is 506 g/mol. The number of carbonyl (C=O) groups excluding carboxylic acids is 1. The van der Waals surface area contributed by atoms with E-state index < -0.39 is 16.9 Å². The number of thiazole rings is 1. The van der Waals surface area contributed by atoms with Gasteiger partial charge in [-0.2, -0.15) is 0 Å². The smallest absolute Gasteiger partial charge is 0.338 e. The summed E-state index contributed by atoms with van der Waals surface area (Å²) in [5, 5.41) is 10.9. The van der Waals surface area contributed by atoms with Gasteiger partial charge in [0.15, 0.2) is 4.80 Å². The molecule has 38 heavy (non-hydrogen) atoms. The Balaban J connectivity index is 1.58. The summed E-state index contributed by atoms with van der Waals surface area (Å²) in [5.41, 5.74) is 1.84. The van der Waals surface area contributed by atoms with Crippen LogP contribution in [0.5, 0.6) is 0 Å². The molecular formula is C28H21N3O6S. The van der Waals surface area contributed by atoms with E-state index >= 15 is 0 Å². The van der Waals surface area contributed by atoms with Gasteiger partial charge >= 0.3 is 5.97 Å². The highest BCUT2D eigenvalue weighted by molar-refractivity contribution is 7.07. The number of furan rings is 1. The number of nitrogens with zero attached hydrogens (tertiary/aromatic N) is 3. The molecule has 2 aromatic heterocycles. The molecule has 0 saturated carbocycles. The highest BCUT2D eigenvalue weighted by Crippen LogP contribution is 2.30. The van der Waals surface area contributed by atoms with Gasteiger partial charge in [0.1, 0.15) is 18.1 Å². The maximum absolute atomic E-state index is 13.7. The maximum atomic E-state index is 13.7. The Morgan fingerprint density at radius 2 is 1.92 bits per heavy atom. The van der Waals surface area contributed by atoms with Crippen LogP contribution in [-0.2, 0) is 9.53 Å². The van der Waals surface area contributed by atoms with Crippen molar-refractivity contribution in [2.75, 3.05) is 6.61 Å². The van der Waals surface area contributed by atoms with E-state index in [2.05, 4.69) is 11.6 Å². The van der Waals surface area contributed by atoms with Crippen LogP contribution in [0.2, 0.25) is 0 Å². The van der Waals surface area contributed by atoms with E-state index in [1.165, 1.54) is 34.1 Å². The summed E-state index contributed by atoms with van der Waals surface area (Å²) in [6, 6.07) is 18.0. The molecule has 190 valence electrons. The number of nitro benzene ring substituents is 1. The molecule has 9 nitrogen and oxygen atoms in total. The molecule has 0 radical (unpaired) electrons. The van der Waals surface area contributed by atoms with Crippen LogP contribution in [0.1, 0.15) is 24.3 Å². The summed E-state index contributed by atoms with van der Waals surface area (Å²) < 4.78 is 13.1. The fourth-order valence-electron chi connectivity index (χ4n) is 4.21. The number of nitro groups is 1. The van der Waals surface area contributed by atoms with Crippen LogP contribution in [0.15, 0.2) is 105 Å². The second-order valence-electron chi connectivity index (χ2n) is 8.39. The molecule has 1 aliphatic rings. The van der Waals surface area contributed by atoms with Crippen LogP contribution in [0.25, 0.3) is 17.4 Å². The standard InChI is InChI=1S/C28H21N3O6S/c1-3-15-36-27(33)24-17(2)29-28-30(25(24)19-7-5-4-6-8-19)26(32)23(38-28)16-21-13-14-22(37-21)18-9-11-20(12-10-18)31(34)35/h3-14,16,25H,1,15H2,2H3/b23-16-/t25-/m1/s1. The van der Waals surface area contributed by atoms with E-state index in [1.54, 1.807) is 37.3 Å². The average Bonchev–Trinajstić information content (AvgIpc) is 3.51. The summed E-state index contributed by atoms with van der Waals surface area (Å²) in [5.74, 6) is 0.374. The molecule has 0 spiro atoms. The van der Waals surface area contributed by atoms with Gasteiger partial charge in [-0.25, -0.2) is 9.79 Å². The van der Waals surface area contributed by atoms with Gasteiger partial charge in [0, 0.05) is 23.8 Å². The van der Waals surface area contributed by atoms with Crippen molar-refractivity contribution in [1.82, 2.24) is 4.57 Å². The fourth-order valence-corrected chi connectivity index (χ4v) is 5.23. The van der Waals surface area contributed by atoms with Gasteiger partial charge in [-0.1, -0.05) is 54.3 Å². The van der Waals surface area contributed by atoms with E-state index in [0.717, 1.165) is 5.56 Å². The Hall–Kier alpha value is -4.83. The number of ether oxygens (including phenoxy) is 1. The third-order valence-electron chi connectivity index (χ3n) is 5.95. The second-order valence-corrected chi connectivity index (χ2v) is 9.39. The van der Waals surface area contributed by atoms with E-state index in [0.29, 0.717) is 32.1 Å². The summed E-state index contributed by atoms with van der Waals surface area (Å²) in [7, 11) is 0. The molecule has 1 aliphatic heterocycles. The number of esters is 1. The normalized spacial score (nSPS) is 15.1. The topological polar surface area (TPSA) is 117 Å². The number of aromatic nitrogens is 1. The first-order valence-electron chi connectivity index (χ1n) is 11.6. The average molecular weight is 528 g/mol. The number of benzene rings is 2. The molecule has 0 aliphatic carbocycles. The zero-order valence-corrected chi connectivity index (χ0v) is 21.0. The Bertz CT molecular complexity index is 1760. The summed E-state index contributed by atoms with van der Waals surface area (Å²) in [6.45, 7) is 5.35. The fraction of sp³-hybridized carbons (Fsp3) is 0.107. The van der Waals surface area contributed by atoms with Gasteiger partial charge in [0.25, 0.3) is 11.2 Å². The Morgan fingerprint density at radius 1 is 1.18 bits per heavy atom. The minimum atomic E-state index is -0.709. The molecule has 1 atom stereocenters. The molecule has 0 amide bonds. The van der Waals surface area contributed by atoms with Crippen molar-refractivity contribution >= 4 is 29.1 Å². The largest absolute Gasteiger partial charge is 0.458 e. The molecule has 4 aromatic rings. The quantitative estimate of drug-likeness (QED) is 0.154. The first kappa shape index (κ1) is 24.8. The predicted octanol–water partition coefficient (Wildman–Crippen LogP) is 4.13. The monoisotopic (exact) mass is 527 g/mol. The number of hydrogen-bond acceptors (Lipinski definition) is 8. The van der Waals surface area contributed by atoms with Crippen molar-refractivity contribution in [3.63, 3.8) is 0 Å². The van der Waals surface area contributed by atoms with Crippen LogP contribution in [0.4, 0.5) is 5.69 Å². The van der Waals surface area contributed by atoms with E-state index in [4.69, 9.17) is 9.15 Å². The summed E-state index contributed by atoms with van der Waals surface area (Å²) in [4.78, 5) is 42.1. The highest BCUT2D eigenvalue weighted by atomic mass is 32.1. The molecule has 2 aromatic carbocycles. The third-order valence-corrected chi connectivity index (χ3v) is 6.93. The number of carbonyl (C=O) groups is 1. The number of hydrogen-bond donors (Lipinski definition) is 0. The first-order chi connectivity index (χ1) is 18.4. The lowest BCUT2D eigenvalue weighted by atomic mass is 9.96. The molecule has 0 unspecified atom stereocenters. The molecule has 0 bridgehead atoms. The molecule has 0 fully saturated rings. The Kier molecular flexibility index (Phi) is 6.71. The molecule has 10 heteroatoms. The van der Waals surface area contributed by atoms with Crippen LogP contribution in [0, 0.1) is 10.1 Å². The van der Waals surface area contributed by atoms with Gasteiger partial charge in [0.05, 0.1) is 26.8 Å². The summed E-state index contributed by atoms with van der Waals surface area (Å²) in [6.07, 6.45) is 3.10. The van der Waals surface area contributed by atoms with Crippen molar-refractivity contribution in [2.45, 2.75) is 13.0 Å². The van der Waals surface area contributed by atoms with E-state index in [9.17, 15) is 19.7 Å². The van der Waals surface area contributed by atoms with Gasteiger partial charge in [-0.05, 0) is 36.8 Å². The third kappa shape index (κ3) is 4.64. The zero-order chi connectivity index (χ0) is 26.8. The molecule has 0 saturated heterocycles. The van der Waals surface area contributed by atoms with Crippen LogP contribution in [0.3, 0.4) is 0 Å². The highest BCUT2D eigenvalue weighted by Gasteiger charge is 2.33. The second kappa shape index (κ2) is 10.3. The molecule has 3 heterocycles. The molecule has 0 N–H and O–H groups in total. The maximum Gasteiger partial charge on any atom is 0.338 e. The zero-order valence-electron chi connectivity index (χ0n) is 20.2. The molecule has 5 rings (SSSR count). The van der Waals surface area contributed by atoms with E-state index in [-0.39, 0.29) is 23.4 Å². The van der Waals surface area contributed by atoms with Crippen LogP contribution in [-0.4, -0.2) is 22.1 Å². The van der Waals surface area contributed by atoms with Crippen LogP contribution >= 0.6 is 11.3 Å². The van der Waals surface area contributed by atoms with Gasteiger partial charge in [-0.15, -0.1) is 0 Å². The number of fused-ring (bicyclic) bond motifs is 1. The predicted molar refractivity (Wildman–Crippen MR) is 142 cm³/mol. The first-order valence-corrected chi connectivity index (χ1v) is 12.4. The number of non-ortho nitro benzene ring substituents is 1. The van der Waals surface area contributed by atoms with Crippen molar-refractivity contribution in [3.05, 3.63) is 132 Å². The Labute approximate surface area is 220 Å². The van der Waals surface area contributed by atoms with Crippen molar-refractivity contribution in [3.8, 4) is 11.3 Å². The van der Waals surface area contributed by atoms with Gasteiger partial charge < -0.3 is 9.15 Å². The summed E-state index contributed by atoms with van der Waals surface area (Å²) >= 11 is 1.19. The van der Waals surface area contributed by atoms with Crippen molar-refractivity contribution in [1.29, 1.82) is 0 Å². The van der Waals surface area contributed by atoms with E-state index in [1.807, 2.05) is 30.3 Å². The minimum absolute atomic E-state index is 0.0161. The van der Waals surface area contributed by atoms with Crippen molar-refractivity contribution in [2.24, 2.45) is 4.99 Å². The van der Waals surface area contributed by atoms with Crippen LogP contribution < -0.4 is 14.9 Å². The van der Waals surface area contributed by atoms with Gasteiger partial charge in [0.2, 0.25) is 0 Å². The lowest BCUT2D eigenvalue weighted by Crippen LogP contribution is -2.39. The lowest BCUT2D eigenvalue weighted by Gasteiger charge is -2.24. The van der Waals surface area contributed by atoms with Crippen molar-refractivity contribution < 1.29 is 18.9 Å². The number of rotatable bonds is 7.